The minimum Gasteiger partial charge on any atom is -0.489 e. The quantitative estimate of drug-likeness (QED) is 0.682. The van der Waals surface area contributed by atoms with Crippen LogP contribution in [0.5, 0.6) is 5.75 Å². The molecule has 2 aromatic carbocycles. The van der Waals surface area contributed by atoms with E-state index < -0.39 is 17.5 Å². The highest BCUT2D eigenvalue weighted by Gasteiger charge is 2.21. The van der Waals surface area contributed by atoms with Crippen molar-refractivity contribution < 1.29 is 18.7 Å². The summed E-state index contributed by atoms with van der Waals surface area (Å²) in [6, 6.07) is 9.69. The van der Waals surface area contributed by atoms with Crippen molar-refractivity contribution in [3.63, 3.8) is 0 Å². The Kier molecular flexibility index (Phi) is 5.11. The zero-order valence-corrected chi connectivity index (χ0v) is 13.3. The van der Waals surface area contributed by atoms with Crippen molar-refractivity contribution >= 4 is 11.7 Å². The number of benzene rings is 2. The molecular formula is C18H18FNO3. The fourth-order valence-corrected chi connectivity index (χ4v) is 2.27. The van der Waals surface area contributed by atoms with Gasteiger partial charge in [-0.2, -0.15) is 0 Å². The predicted octanol–water partition coefficient (Wildman–Crippen LogP) is 2.95. The maximum atomic E-state index is 14.1. The SMILES string of the molecule is CNC(=O)C(=O)c1cccc(F)c1COc1ccc(C)cc1C. The molecular weight excluding hydrogens is 297 g/mol. The van der Waals surface area contributed by atoms with E-state index in [-0.39, 0.29) is 17.7 Å². The summed E-state index contributed by atoms with van der Waals surface area (Å²) in [5, 5.41) is 2.25. The van der Waals surface area contributed by atoms with Crippen LogP contribution in [-0.2, 0) is 11.4 Å². The van der Waals surface area contributed by atoms with Gasteiger partial charge in [0.15, 0.2) is 0 Å². The summed E-state index contributed by atoms with van der Waals surface area (Å²) in [4.78, 5) is 23.6. The Labute approximate surface area is 134 Å². The summed E-state index contributed by atoms with van der Waals surface area (Å²) in [6.45, 7) is 3.72. The van der Waals surface area contributed by atoms with Crippen LogP contribution in [0, 0.1) is 19.7 Å². The van der Waals surface area contributed by atoms with E-state index in [4.69, 9.17) is 4.74 Å². The van der Waals surface area contributed by atoms with Gasteiger partial charge in [0.05, 0.1) is 0 Å². The first-order valence-corrected chi connectivity index (χ1v) is 7.18. The lowest BCUT2D eigenvalue weighted by Crippen LogP contribution is -2.28. The highest BCUT2D eigenvalue weighted by molar-refractivity contribution is 6.43. The van der Waals surface area contributed by atoms with Crippen LogP contribution in [0.25, 0.3) is 0 Å². The molecule has 0 heterocycles. The summed E-state index contributed by atoms with van der Waals surface area (Å²) >= 11 is 0. The zero-order chi connectivity index (χ0) is 17.0. The number of aryl methyl sites for hydroxylation is 2. The topological polar surface area (TPSA) is 55.4 Å². The Balaban J connectivity index is 2.29. The van der Waals surface area contributed by atoms with E-state index in [9.17, 15) is 14.0 Å². The van der Waals surface area contributed by atoms with Crippen molar-refractivity contribution in [2.24, 2.45) is 0 Å². The number of likely N-dealkylation sites (N-methyl/N-ethyl adjacent to an activating group) is 1. The first kappa shape index (κ1) is 16.7. The fourth-order valence-electron chi connectivity index (χ4n) is 2.27. The highest BCUT2D eigenvalue weighted by Crippen LogP contribution is 2.22. The average Bonchev–Trinajstić information content (AvgIpc) is 2.53. The highest BCUT2D eigenvalue weighted by atomic mass is 19.1. The Morgan fingerprint density at radius 1 is 1.17 bits per heavy atom. The lowest BCUT2D eigenvalue weighted by atomic mass is 10.0. The number of hydrogen-bond acceptors (Lipinski definition) is 3. The third-order valence-electron chi connectivity index (χ3n) is 3.50. The van der Waals surface area contributed by atoms with Crippen LogP contribution in [0.3, 0.4) is 0 Å². The molecule has 0 unspecified atom stereocenters. The van der Waals surface area contributed by atoms with Gasteiger partial charge in [-0.15, -0.1) is 0 Å². The van der Waals surface area contributed by atoms with E-state index >= 15 is 0 Å². The van der Waals surface area contributed by atoms with E-state index in [1.165, 1.54) is 25.2 Å². The number of carbonyl (C=O) groups is 2. The summed E-state index contributed by atoms with van der Waals surface area (Å²) in [5.74, 6) is -1.55. The monoisotopic (exact) mass is 315 g/mol. The lowest BCUT2D eigenvalue weighted by Gasteiger charge is -2.13. The molecule has 0 aliphatic carbocycles. The van der Waals surface area contributed by atoms with Crippen molar-refractivity contribution in [3.8, 4) is 5.75 Å². The normalized spacial score (nSPS) is 10.3. The maximum Gasteiger partial charge on any atom is 0.292 e. The number of Topliss-reactive ketones (excluding diaryl/α,β-unsaturated/α-hetero) is 1. The average molecular weight is 315 g/mol. The minimum absolute atomic E-state index is 0.00844. The molecule has 23 heavy (non-hydrogen) atoms. The van der Waals surface area contributed by atoms with Gasteiger partial charge in [-0.1, -0.05) is 29.8 Å². The van der Waals surface area contributed by atoms with Crippen LogP contribution >= 0.6 is 0 Å². The third kappa shape index (κ3) is 3.74. The zero-order valence-electron chi connectivity index (χ0n) is 13.3. The second-order valence-electron chi connectivity index (χ2n) is 5.23. The smallest absolute Gasteiger partial charge is 0.292 e. The van der Waals surface area contributed by atoms with Gasteiger partial charge in [-0.3, -0.25) is 9.59 Å². The van der Waals surface area contributed by atoms with Crippen molar-refractivity contribution in [2.45, 2.75) is 20.5 Å². The molecule has 0 aliphatic heterocycles. The number of ether oxygens (including phenoxy) is 1. The van der Waals surface area contributed by atoms with Crippen molar-refractivity contribution in [2.75, 3.05) is 7.05 Å². The van der Waals surface area contributed by atoms with Crippen LogP contribution in [0.4, 0.5) is 4.39 Å². The van der Waals surface area contributed by atoms with E-state index in [0.29, 0.717) is 5.75 Å². The van der Waals surface area contributed by atoms with Crippen LogP contribution < -0.4 is 10.1 Å². The second-order valence-corrected chi connectivity index (χ2v) is 5.23. The van der Waals surface area contributed by atoms with Gasteiger partial charge < -0.3 is 10.1 Å². The van der Waals surface area contributed by atoms with Gasteiger partial charge in [0.2, 0.25) is 0 Å². The molecule has 1 amide bonds. The number of rotatable bonds is 5. The standard InChI is InChI=1S/C18H18FNO3/c1-11-7-8-16(12(2)9-11)23-10-14-13(5-4-6-15(14)19)17(21)18(22)20-3/h4-9H,10H2,1-3H3,(H,20,22). The van der Waals surface area contributed by atoms with E-state index in [1.807, 2.05) is 26.0 Å². The molecule has 5 heteroatoms. The Bertz CT molecular complexity index is 756. The van der Waals surface area contributed by atoms with Crippen LogP contribution in [0.2, 0.25) is 0 Å². The molecule has 2 aromatic rings. The van der Waals surface area contributed by atoms with E-state index in [2.05, 4.69) is 5.32 Å². The molecule has 0 radical (unpaired) electrons. The fraction of sp³-hybridized carbons (Fsp3) is 0.222. The van der Waals surface area contributed by atoms with Gasteiger partial charge >= 0.3 is 0 Å². The Hall–Kier alpha value is -2.69. The molecule has 1 N–H and O–H groups in total. The first-order chi connectivity index (χ1) is 10.9. The molecule has 0 aliphatic rings. The summed E-state index contributed by atoms with van der Waals surface area (Å²) < 4.78 is 19.7. The molecule has 0 spiro atoms. The second kappa shape index (κ2) is 7.05. The van der Waals surface area contributed by atoms with Crippen LogP contribution in [0.1, 0.15) is 27.0 Å². The number of nitrogens with one attached hydrogen (secondary N) is 1. The van der Waals surface area contributed by atoms with Gasteiger partial charge in [-0.25, -0.2) is 4.39 Å². The first-order valence-electron chi connectivity index (χ1n) is 7.18. The van der Waals surface area contributed by atoms with Crippen molar-refractivity contribution in [3.05, 3.63) is 64.5 Å². The molecule has 0 atom stereocenters. The Morgan fingerprint density at radius 2 is 1.91 bits per heavy atom. The van der Waals surface area contributed by atoms with Gasteiger partial charge in [-0.05, 0) is 31.5 Å². The lowest BCUT2D eigenvalue weighted by molar-refractivity contribution is -0.116. The predicted molar refractivity (Wildman–Crippen MR) is 85.0 cm³/mol. The molecule has 120 valence electrons. The van der Waals surface area contributed by atoms with Gasteiger partial charge in [0.1, 0.15) is 18.2 Å². The van der Waals surface area contributed by atoms with Crippen LogP contribution in [-0.4, -0.2) is 18.7 Å². The van der Waals surface area contributed by atoms with Gasteiger partial charge in [0, 0.05) is 18.2 Å². The number of ketones is 1. The largest absolute Gasteiger partial charge is 0.489 e. The molecule has 2 rings (SSSR count). The molecule has 4 nitrogen and oxygen atoms in total. The molecule has 0 saturated heterocycles. The van der Waals surface area contributed by atoms with Gasteiger partial charge in [0.25, 0.3) is 11.7 Å². The number of carbonyl (C=O) groups excluding carboxylic acids is 2. The molecule has 0 saturated carbocycles. The van der Waals surface area contributed by atoms with E-state index in [1.54, 1.807) is 6.07 Å². The number of hydrogen-bond donors (Lipinski definition) is 1. The van der Waals surface area contributed by atoms with E-state index in [0.717, 1.165) is 11.1 Å². The summed E-state index contributed by atoms with van der Waals surface area (Å²) in [7, 11) is 1.35. The van der Waals surface area contributed by atoms with Crippen molar-refractivity contribution in [1.82, 2.24) is 5.32 Å². The molecule has 0 bridgehead atoms. The molecule has 0 fully saturated rings. The minimum atomic E-state index is -0.789. The number of amides is 1. The molecule has 0 aromatic heterocycles. The van der Waals surface area contributed by atoms with Crippen LogP contribution in [0.15, 0.2) is 36.4 Å². The third-order valence-corrected chi connectivity index (χ3v) is 3.50. The maximum absolute atomic E-state index is 14.1. The summed E-state index contributed by atoms with van der Waals surface area (Å²) in [5.41, 5.74) is 2.09. The summed E-state index contributed by atoms with van der Waals surface area (Å²) in [6.07, 6.45) is 0. The number of halogens is 1. The Morgan fingerprint density at radius 3 is 2.57 bits per heavy atom. The van der Waals surface area contributed by atoms with Crippen molar-refractivity contribution in [1.29, 1.82) is 0 Å².